The quantitative estimate of drug-likeness (QED) is 0.757. The van der Waals surface area contributed by atoms with Gasteiger partial charge in [-0.2, -0.15) is 0 Å². The SMILES string of the molecule is CC(C)CC(C)(O)CNCc1ccc(S(=O)(=O)N(C)C)o1. The molecule has 0 bridgehead atoms. The summed E-state index contributed by atoms with van der Waals surface area (Å²) in [6.07, 6.45) is 0.693. The minimum absolute atomic E-state index is 0.0711. The molecule has 1 rings (SSSR count). The van der Waals surface area contributed by atoms with Gasteiger partial charge >= 0.3 is 0 Å². The van der Waals surface area contributed by atoms with Crippen LogP contribution >= 0.6 is 0 Å². The highest BCUT2D eigenvalue weighted by atomic mass is 32.2. The summed E-state index contributed by atoms with van der Waals surface area (Å²) in [6.45, 7) is 6.68. The topological polar surface area (TPSA) is 82.8 Å². The van der Waals surface area contributed by atoms with E-state index in [1.165, 1.54) is 20.2 Å². The van der Waals surface area contributed by atoms with Crippen molar-refractivity contribution < 1.29 is 17.9 Å². The molecule has 0 aliphatic heterocycles. The molecule has 0 fully saturated rings. The third kappa shape index (κ3) is 5.43. The average molecular weight is 318 g/mol. The fourth-order valence-electron chi connectivity index (χ4n) is 2.18. The van der Waals surface area contributed by atoms with Gasteiger partial charge in [-0.1, -0.05) is 13.8 Å². The first kappa shape index (κ1) is 18.2. The van der Waals surface area contributed by atoms with Crippen LogP contribution in [0, 0.1) is 5.92 Å². The van der Waals surface area contributed by atoms with E-state index in [0.717, 1.165) is 4.31 Å². The largest absolute Gasteiger partial charge is 0.447 e. The molecule has 0 spiro atoms. The van der Waals surface area contributed by atoms with Crippen molar-refractivity contribution in [3.63, 3.8) is 0 Å². The Bertz CT molecular complexity index is 547. The maximum Gasteiger partial charge on any atom is 0.275 e. The molecule has 21 heavy (non-hydrogen) atoms. The molecule has 0 radical (unpaired) electrons. The molecule has 122 valence electrons. The maximum atomic E-state index is 11.9. The number of hydrogen-bond donors (Lipinski definition) is 2. The van der Waals surface area contributed by atoms with Crippen molar-refractivity contribution >= 4 is 10.0 Å². The number of nitrogens with one attached hydrogen (secondary N) is 1. The molecule has 0 aliphatic carbocycles. The van der Waals surface area contributed by atoms with Gasteiger partial charge < -0.3 is 14.8 Å². The minimum atomic E-state index is -3.54. The Kier molecular flexibility index (Phi) is 5.98. The van der Waals surface area contributed by atoms with Gasteiger partial charge in [0.25, 0.3) is 10.0 Å². The summed E-state index contributed by atoms with van der Waals surface area (Å²) >= 11 is 0. The highest BCUT2D eigenvalue weighted by Gasteiger charge is 2.23. The van der Waals surface area contributed by atoms with Crippen molar-refractivity contribution in [2.45, 2.75) is 44.4 Å². The van der Waals surface area contributed by atoms with Crippen LogP contribution < -0.4 is 5.32 Å². The fourth-order valence-corrected chi connectivity index (χ4v) is 2.99. The highest BCUT2D eigenvalue weighted by molar-refractivity contribution is 7.88. The summed E-state index contributed by atoms with van der Waals surface area (Å²) in [4.78, 5) is 0. The van der Waals surface area contributed by atoms with Crippen molar-refractivity contribution in [1.82, 2.24) is 9.62 Å². The molecule has 0 saturated carbocycles. The van der Waals surface area contributed by atoms with E-state index in [1.54, 1.807) is 13.0 Å². The van der Waals surface area contributed by atoms with Crippen LogP contribution in [0.4, 0.5) is 0 Å². The van der Waals surface area contributed by atoms with Gasteiger partial charge in [0.15, 0.2) is 0 Å². The lowest BCUT2D eigenvalue weighted by Crippen LogP contribution is -2.38. The third-order valence-electron chi connectivity index (χ3n) is 3.03. The molecular weight excluding hydrogens is 292 g/mol. The molecule has 1 heterocycles. The average Bonchev–Trinajstić information content (AvgIpc) is 2.75. The first-order chi connectivity index (χ1) is 9.54. The van der Waals surface area contributed by atoms with E-state index in [9.17, 15) is 13.5 Å². The van der Waals surface area contributed by atoms with Crippen LogP contribution in [0.5, 0.6) is 0 Å². The molecule has 1 aromatic heterocycles. The lowest BCUT2D eigenvalue weighted by atomic mass is 9.94. The normalized spacial score (nSPS) is 15.6. The summed E-state index contributed by atoms with van der Waals surface area (Å²) in [5.41, 5.74) is -0.792. The van der Waals surface area contributed by atoms with Gasteiger partial charge in [-0.05, 0) is 31.4 Å². The lowest BCUT2D eigenvalue weighted by molar-refractivity contribution is 0.0379. The zero-order valence-electron chi connectivity index (χ0n) is 13.4. The van der Waals surface area contributed by atoms with E-state index < -0.39 is 15.6 Å². The predicted molar refractivity (Wildman–Crippen MR) is 81.4 cm³/mol. The van der Waals surface area contributed by atoms with Crippen molar-refractivity contribution in [2.24, 2.45) is 5.92 Å². The van der Waals surface area contributed by atoms with Crippen molar-refractivity contribution in [3.8, 4) is 0 Å². The van der Waals surface area contributed by atoms with E-state index >= 15 is 0 Å². The van der Waals surface area contributed by atoms with Gasteiger partial charge in [0.2, 0.25) is 5.09 Å². The first-order valence-electron chi connectivity index (χ1n) is 6.99. The monoisotopic (exact) mass is 318 g/mol. The Morgan fingerprint density at radius 3 is 2.52 bits per heavy atom. The second-order valence-electron chi connectivity index (χ2n) is 6.21. The predicted octanol–water partition coefficient (Wildman–Crippen LogP) is 1.42. The van der Waals surface area contributed by atoms with Gasteiger partial charge in [-0.3, -0.25) is 0 Å². The Morgan fingerprint density at radius 1 is 1.38 bits per heavy atom. The van der Waals surface area contributed by atoms with Crippen LogP contribution in [0.25, 0.3) is 0 Å². The summed E-state index contributed by atoms with van der Waals surface area (Å²) in [7, 11) is -0.621. The first-order valence-corrected chi connectivity index (χ1v) is 8.43. The summed E-state index contributed by atoms with van der Waals surface area (Å²) in [5.74, 6) is 0.929. The number of furan rings is 1. The molecule has 0 saturated heterocycles. The van der Waals surface area contributed by atoms with Crippen molar-refractivity contribution in [2.75, 3.05) is 20.6 Å². The van der Waals surface area contributed by atoms with Gasteiger partial charge in [-0.15, -0.1) is 0 Å². The van der Waals surface area contributed by atoms with E-state index in [0.29, 0.717) is 31.2 Å². The summed E-state index contributed by atoms with van der Waals surface area (Å²) in [6, 6.07) is 3.07. The number of nitrogens with zero attached hydrogens (tertiary/aromatic N) is 1. The minimum Gasteiger partial charge on any atom is -0.447 e. The molecule has 1 unspecified atom stereocenters. The standard InChI is InChI=1S/C14H26N2O4S/c1-11(2)8-14(3,17)10-15-9-12-6-7-13(20-12)21(18,19)16(4)5/h6-7,11,15,17H,8-10H2,1-5H3. The van der Waals surface area contributed by atoms with Gasteiger partial charge in [0, 0.05) is 20.6 Å². The van der Waals surface area contributed by atoms with Crippen LogP contribution in [-0.4, -0.2) is 44.1 Å². The number of hydrogen-bond acceptors (Lipinski definition) is 5. The Labute approximate surface area is 127 Å². The third-order valence-corrected chi connectivity index (χ3v) is 4.71. The smallest absolute Gasteiger partial charge is 0.275 e. The molecular formula is C14H26N2O4S. The second-order valence-corrected chi connectivity index (χ2v) is 8.29. The number of sulfonamides is 1. The number of aliphatic hydroxyl groups is 1. The van der Waals surface area contributed by atoms with Gasteiger partial charge in [-0.25, -0.2) is 12.7 Å². The molecule has 1 atom stereocenters. The molecule has 0 aliphatic rings. The maximum absolute atomic E-state index is 11.9. The fraction of sp³-hybridized carbons (Fsp3) is 0.714. The zero-order chi connectivity index (χ0) is 16.3. The second kappa shape index (κ2) is 6.91. The lowest BCUT2D eigenvalue weighted by Gasteiger charge is -2.25. The molecule has 1 aromatic rings. The molecule has 0 aromatic carbocycles. The highest BCUT2D eigenvalue weighted by Crippen LogP contribution is 2.18. The summed E-state index contributed by atoms with van der Waals surface area (Å²) < 4.78 is 30.2. The van der Waals surface area contributed by atoms with Crippen LogP contribution in [-0.2, 0) is 16.6 Å². The van der Waals surface area contributed by atoms with E-state index in [2.05, 4.69) is 19.2 Å². The zero-order valence-corrected chi connectivity index (χ0v) is 14.2. The Hall–Kier alpha value is -0.890. The van der Waals surface area contributed by atoms with Crippen LogP contribution in [0.15, 0.2) is 21.6 Å². The Morgan fingerprint density at radius 2 is 2.00 bits per heavy atom. The van der Waals surface area contributed by atoms with Crippen molar-refractivity contribution in [3.05, 3.63) is 17.9 Å². The Balaban J connectivity index is 2.57. The van der Waals surface area contributed by atoms with E-state index in [1.807, 2.05) is 0 Å². The van der Waals surface area contributed by atoms with Crippen LogP contribution in [0.3, 0.4) is 0 Å². The van der Waals surface area contributed by atoms with Crippen LogP contribution in [0.2, 0.25) is 0 Å². The molecule has 2 N–H and O–H groups in total. The van der Waals surface area contributed by atoms with Gasteiger partial charge in [0.05, 0.1) is 12.1 Å². The van der Waals surface area contributed by atoms with Crippen molar-refractivity contribution in [1.29, 1.82) is 0 Å². The molecule has 6 nitrogen and oxygen atoms in total. The van der Waals surface area contributed by atoms with E-state index in [-0.39, 0.29) is 5.09 Å². The number of rotatable bonds is 8. The molecule has 7 heteroatoms. The van der Waals surface area contributed by atoms with E-state index in [4.69, 9.17) is 4.42 Å². The van der Waals surface area contributed by atoms with Crippen LogP contribution in [0.1, 0.15) is 33.0 Å². The summed E-state index contributed by atoms with van der Waals surface area (Å²) in [5, 5.41) is 13.2. The molecule has 0 amide bonds. The van der Waals surface area contributed by atoms with Gasteiger partial charge in [0.1, 0.15) is 5.76 Å².